The molecular weight excluding hydrogens is 486 g/mol. The van der Waals surface area contributed by atoms with E-state index in [4.69, 9.17) is 4.74 Å². The molecule has 0 spiro atoms. The highest BCUT2D eigenvalue weighted by Gasteiger charge is 2.36. The Labute approximate surface area is 203 Å². The minimum Gasteiger partial charge on any atom is -0.376 e. The molecule has 0 aliphatic heterocycles. The number of hydrogen-bond acceptors (Lipinski definition) is 3. The molecule has 2 aromatic carbocycles. The maximum atomic E-state index is 13.1. The van der Waals surface area contributed by atoms with E-state index < -0.39 is 36.0 Å². The van der Waals surface area contributed by atoms with Crippen LogP contribution in [0.15, 0.2) is 79.1 Å². The van der Waals surface area contributed by atoms with E-state index in [2.05, 4.69) is 10.3 Å². The van der Waals surface area contributed by atoms with Crippen LogP contribution in [0.2, 0.25) is 0 Å². The van der Waals surface area contributed by atoms with Gasteiger partial charge in [0.2, 0.25) is 5.91 Å². The molecule has 0 fully saturated rings. The van der Waals surface area contributed by atoms with Crippen molar-refractivity contribution in [2.24, 2.45) is 0 Å². The second kappa shape index (κ2) is 11.9. The van der Waals surface area contributed by atoms with Gasteiger partial charge in [0.15, 0.2) is 0 Å². The van der Waals surface area contributed by atoms with E-state index in [9.17, 15) is 31.1 Å². The van der Waals surface area contributed by atoms with Crippen molar-refractivity contribution in [3.05, 3.63) is 107 Å². The van der Waals surface area contributed by atoms with E-state index in [-0.39, 0.29) is 30.7 Å². The van der Waals surface area contributed by atoms with Gasteiger partial charge in [0.05, 0.1) is 24.3 Å². The van der Waals surface area contributed by atoms with E-state index in [1.54, 1.807) is 60.9 Å². The quantitative estimate of drug-likeness (QED) is 0.275. The van der Waals surface area contributed by atoms with Crippen molar-refractivity contribution in [1.82, 2.24) is 10.3 Å². The maximum Gasteiger partial charge on any atom is 0.416 e. The Kier molecular flexibility index (Phi) is 8.87. The molecule has 3 aromatic rings. The zero-order chi connectivity index (χ0) is 26.2. The number of nitrogens with one attached hydrogen (secondary N) is 1. The van der Waals surface area contributed by atoms with Crippen molar-refractivity contribution in [2.45, 2.75) is 24.9 Å². The van der Waals surface area contributed by atoms with Crippen LogP contribution in [0.1, 0.15) is 33.7 Å². The summed E-state index contributed by atoms with van der Waals surface area (Å²) in [5, 5.41) is 2.73. The number of benzene rings is 2. The first-order valence-electron chi connectivity index (χ1n) is 10.8. The third-order valence-electron chi connectivity index (χ3n) is 5.14. The lowest BCUT2D eigenvalue weighted by molar-refractivity contribution is -0.143. The SMILES string of the molecule is O=C(/C=C/c1cccnc1)NCC(COCc1cc(C(F)(F)F)cc(C(F)(F)F)c1)c1ccccc1. The summed E-state index contributed by atoms with van der Waals surface area (Å²) in [5.41, 5.74) is -1.54. The number of rotatable bonds is 9. The van der Waals surface area contributed by atoms with Crippen LogP contribution < -0.4 is 5.32 Å². The highest BCUT2D eigenvalue weighted by Crippen LogP contribution is 2.36. The topological polar surface area (TPSA) is 51.2 Å². The van der Waals surface area contributed by atoms with Gasteiger partial charge < -0.3 is 10.1 Å². The smallest absolute Gasteiger partial charge is 0.376 e. The number of pyridine rings is 1. The minimum atomic E-state index is -4.93. The molecule has 0 bridgehead atoms. The van der Waals surface area contributed by atoms with Crippen LogP contribution in [-0.4, -0.2) is 24.0 Å². The molecule has 0 saturated carbocycles. The van der Waals surface area contributed by atoms with Gasteiger partial charge in [-0.2, -0.15) is 26.3 Å². The Morgan fingerprint density at radius 1 is 0.944 bits per heavy atom. The number of hydrogen-bond donors (Lipinski definition) is 1. The molecular formula is C26H22F6N2O2. The summed E-state index contributed by atoms with van der Waals surface area (Å²) in [6.07, 6.45) is -3.76. The summed E-state index contributed by atoms with van der Waals surface area (Å²) in [7, 11) is 0. The van der Waals surface area contributed by atoms with Crippen LogP contribution in [0.25, 0.3) is 6.08 Å². The second-order valence-electron chi connectivity index (χ2n) is 7.90. The fraction of sp³-hybridized carbons (Fsp3) is 0.231. The summed E-state index contributed by atoms with van der Waals surface area (Å²) in [4.78, 5) is 16.2. The highest BCUT2D eigenvalue weighted by molar-refractivity contribution is 5.91. The van der Waals surface area contributed by atoms with Crippen molar-refractivity contribution in [2.75, 3.05) is 13.2 Å². The van der Waals surface area contributed by atoms with Crippen molar-refractivity contribution in [3.63, 3.8) is 0 Å². The van der Waals surface area contributed by atoms with Crippen LogP contribution in [0.3, 0.4) is 0 Å². The van der Waals surface area contributed by atoms with Gasteiger partial charge >= 0.3 is 12.4 Å². The zero-order valence-electron chi connectivity index (χ0n) is 18.8. The van der Waals surface area contributed by atoms with Gasteiger partial charge in [0.25, 0.3) is 0 Å². The fourth-order valence-electron chi connectivity index (χ4n) is 3.35. The summed E-state index contributed by atoms with van der Waals surface area (Å²) >= 11 is 0. The van der Waals surface area contributed by atoms with Gasteiger partial charge in [-0.1, -0.05) is 36.4 Å². The number of halogens is 6. The number of carbonyl (C=O) groups excluding carboxylic acids is 1. The number of aromatic nitrogens is 1. The maximum absolute atomic E-state index is 13.1. The number of ether oxygens (including phenoxy) is 1. The standard InChI is InChI=1S/C26H22F6N2O2/c27-25(28,29)22-11-19(12-23(13-22)26(30,31)32)16-36-17-21(20-6-2-1-3-7-20)15-34-24(35)9-8-18-5-4-10-33-14-18/h1-14,21H,15-17H2,(H,34,35)/b9-8+. The lowest BCUT2D eigenvalue weighted by Gasteiger charge is -2.19. The Balaban J connectivity index is 1.67. The first kappa shape index (κ1) is 26.9. The van der Waals surface area contributed by atoms with E-state index in [0.717, 1.165) is 11.1 Å². The van der Waals surface area contributed by atoms with Crippen LogP contribution in [-0.2, 0) is 28.5 Å². The Morgan fingerprint density at radius 3 is 2.19 bits per heavy atom. The van der Waals surface area contributed by atoms with Crippen molar-refractivity contribution in [1.29, 1.82) is 0 Å². The van der Waals surface area contributed by atoms with Crippen molar-refractivity contribution < 1.29 is 35.9 Å². The molecule has 0 saturated heterocycles. The third kappa shape index (κ3) is 8.23. The van der Waals surface area contributed by atoms with Crippen LogP contribution in [0.4, 0.5) is 26.3 Å². The molecule has 10 heteroatoms. The van der Waals surface area contributed by atoms with Gasteiger partial charge in [-0.25, -0.2) is 0 Å². The molecule has 190 valence electrons. The molecule has 3 rings (SSSR count). The first-order valence-corrected chi connectivity index (χ1v) is 10.8. The van der Waals surface area contributed by atoms with Crippen LogP contribution in [0.5, 0.6) is 0 Å². The van der Waals surface area contributed by atoms with Crippen LogP contribution >= 0.6 is 0 Å². The molecule has 36 heavy (non-hydrogen) atoms. The van der Waals surface area contributed by atoms with E-state index in [1.807, 2.05) is 0 Å². The normalized spacial score (nSPS) is 13.1. The average Bonchev–Trinajstić information content (AvgIpc) is 2.84. The summed E-state index contributed by atoms with van der Waals surface area (Å²) in [6.45, 7) is -0.379. The summed E-state index contributed by atoms with van der Waals surface area (Å²) in [6, 6.07) is 13.8. The van der Waals surface area contributed by atoms with Crippen LogP contribution in [0, 0.1) is 0 Å². The molecule has 1 heterocycles. The number of alkyl halides is 6. The van der Waals surface area contributed by atoms with Gasteiger partial charge in [-0.05, 0) is 47.0 Å². The monoisotopic (exact) mass is 508 g/mol. The van der Waals surface area contributed by atoms with Gasteiger partial charge in [-0.15, -0.1) is 0 Å². The molecule has 1 unspecified atom stereocenters. The number of amides is 1. The molecule has 1 amide bonds. The second-order valence-corrected chi connectivity index (χ2v) is 7.90. The number of nitrogens with zero attached hydrogens (tertiary/aromatic N) is 1. The summed E-state index contributed by atoms with van der Waals surface area (Å²) < 4.78 is 84.1. The fourth-order valence-corrected chi connectivity index (χ4v) is 3.35. The Morgan fingerprint density at radius 2 is 1.61 bits per heavy atom. The molecule has 1 aromatic heterocycles. The van der Waals surface area contributed by atoms with Gasteiger partial charge in [0, 0.05) is 30.9 Å². The predicted molar refractivity (Wildman–Crippen MR) is 122 cm³/mol. The first-order chi connectivity index (χ1) is 17.0. The van der Waals surface area contributed by atoms with E-state index >= 15 is 0 Å². The molecule has 4 nitrogen and oxygen atoms in total. The lowest BCUT2D eigenvalue weighted by Crippen LogP contribution is -2.29. The van der Waals surface area contributed by atoms with Gasteiger partial charge in [0.1, 0.15) is 0 Å². The molecule has 0 radical (unpaired) electrons. The summed E-state index contributed by atoms with van der Waals surface area (Å²) in [5.74, 6) is -0.776. The van der Waals surface area contributed by atoms with Gasteiger partial charge in [-0.3, -0.25) is 9.78 Å². The van der Waals surface area contributed by atoms with Crippen molar-refractivity contribution >= 4 is 12.0 Å². The lowest BCUT2D eigenvalue weighted by atomic mass is 10.00. The molecule has 1 N–H and O–H groups in total. The molecule has 1 atom stereocenters. The molecule has 0 aliphatic carbocycles. The predicted octanol–water partition coefficient (Wildman–Crippen LogP) is 6.25. The zero-order valence-corrected chi connectivity index (χ0v) is 18.8. The average molecular weight is 508 g/mol. The third-order valence-corrected chi connectivity index (χ3v) is 5.14. The number of carbonyl (C=O) groups is 1. The highest BCUT2D eigenvalue weighted by atomic mass is 19.4. The van der Waals surface area contributed by atoms with E-state index in [0.29, 0.717) is 12.1 Å². The van der Waals surface area contributed by atoms with Crippen molar-refractivity contribution in [3.8, 4) is 0 Å². The molecule has 0 aliphatic rings. The largest absolute Gasteiger partial charge is 0.416 e. The minimum absolute atomic E-state index is 0.0474. The Bertz CT molecular complexity index is 1130. The van der Waals surface area contributed by atoms with E-state index in [1.165, 1.54) is 6.08 Å². The Hall–Kier alpha value is -3.66.